The molecule has 1 aliphatic rings. The maximum absolute atomic E-state index is 12.2. The molecule has 32 heavy (non-hydrogen) atoms. The van der Waals surface area contributed by atoms with E-state index in [0.29, 0.717) is 6.04 Å². The standard InChI is InChI=1S/C26H37N5O/c1-4-27-26(28-16-15-21-11-10-14-23(19-21)25(32)30(2)3)29-20-24(31-17-8-9-18-31)22-12-6-5-7-13-22/h5-7,10-14,19,24H,4,8-9,15-18,20H2,1-3H3,(H2,27,28,29). The third kappa shape index (κ3) is 6.82. The van der Waals surface area contributed by atoms with E-state index in [2.05, 4.69) is 58.9 Å². The van der Waals surface area contributed by atoms with E-state index >= 15 is 0 Å². The lowest BCUT2D eigenvalue weighted by atomic mass is 10.1. The Morgan fingerprint density at radius 2 is 1.81 bits per heavy atom. The Morgan fingerprint density at radius 3 is 2.50 bits per heavy atom. The van der Waals surface area contributed by atoms with Crippen LogP contribution in [-0.2, 0) is 6.42 Å². The van der Waals surface area contributed by atoms with Gasteiger partial charge in [0.05, 0.1) is 12.6 Å². The lowest BCUT2D eigenvalue weighted by Gasteiger charge is -2.27. The molecule has 172 valence electrons. The number of rotatable bonds is 9. The summed E-state index contributed by atoms with van der Waals surface area (Å²) in [5, 5.41) is 6.83. The average Bonchev–Trinajstić information content (AvgIpc) is 3.34. The minimum atomic E-state index is 0.0311. The molecule has 2 aromatic rings. The predicted octanol–water partition coefficient (Wildman–Crippen LogP) is 3.32. The topological polar surface area (TPSA) is 60.0 Å². The summed E-state index contributed by atoms with van der Waals surface area (Å²) in [5.74, 6) is 0.872. The number of aliphatic imine (C=N–C) groups is 1. The molecule has 1 atom stereocenters. The summed E-state index contributed by atoms with van der Waals surface area (Å²) in [5.41, 5.74) is 3.20. The molecular formula is C26H37N5O. The fraction of sp³-hybridized carbons (Fsp3) is 0.462. The molecule has 1 unspecified atom stereocenters. The second-order valence-electron chi connectivity index (χ2n) is 8.47. The van der Waals surface area contributed by atoms with Crippen molar-refractivity contribution >= 4 is 11.9 Å². The summed E-state index contributed by atoms with van der Waals surface area (Å²) in [6.07, 6.45) is 3.36. The third-order valence-corrected chi connectivity index (χ3v) is 5.82. The van der Waals surface area contributed by atoms with Crippen LogP contribution >= 0.6 is 0 Å². The van der Waals surface area contributed by atoms with Gasteiger partial charge in [0.2, 0.25) is 0 Å². The van der Waals surface area contributed by atoms with E-state index < -0.39 is 0 Å². The van der Waals surface area contributed by atoms with Crippen molar-refractivity contribution in [2.24, 2.45) is 4.99 Å². The number of benzene rings is 2. The molecule has 3 rings (SSSR count). The maximum Gasteiger partial charge on any atom is 0.253 e. The van der Waals surface area contributed by atoms with Gasteiger partial charge in [-0.25, -0.2) is 0 Å². The summed E-state index contributed by atoms with van der Waals surface area (Å²) in [6, 6.07) is 18.9. The Balaban J connectivity index is 1.62. The van der Waals surface area contributed by atoms with Crippen LogP contribution in [-0.4, -0.2) is 68.5 Å². The molecule has 0 bridgehead atoms. The van der Waals surface area contributed by atoms with E-state index in [0.717, 1.165) is 56.2 Å². The van der Waals surface area contributed by atoms with Crippen LogP contribution < -0.4 is 10.6 Å². The highest BCUT2D eigenvalue weighted by atomic mass is 16.2. The van der Waals surface area contributed by atoms with Gasteiger partial charge in [0, 0.05) is 32.7 Å². The zero-order valence-electron chi connectivity index (χ0n) is 19.7. The molecular weight excluding hydrogens is 398 g/mol. The molecule has 2 N–H and O–H groups in total. The number of amides is 1. The molecule has 6 nitrogen and oxygen atoms in total. The first-order valence-corrected chi connectivity index (χ1v) is 11.7. The highest BCUT2D eigenvalue weighted by Gasteiger charge is 2.23. The molecule has 0 aromatic heterocycles. The number of carbonyl (C=O) groups is 1. The highest BCUT2D eigenvalue weighted by molar-refractivity contribution is 5.94. The highest BCUT2D eigenvalue weighted by Crippen LogP contribution is 2.25. The van der Waals surface area contributed by atoms with Crippen LogP contribution in [0.4, 0.5) is 0 Å². The first-order chi connectivity index (χ1) is 15.6. The van der Waals surface area contributed by atoms with Crippen molar-refractivity contribution in [3.05, 3.63) is 71.3 Å². The first-order valence-electron chi connectivity index (χ1n) is 11.7. The van der Waals surface area contributed by atoms with E-state index in [1.54, 1.807) is 19.0 Å². The summed E-state index contributed by atoms with van der Waals surface area (Å²) >= 11 is 0. The zero-order valence-corrected chi connectivity index (χ0v) is 19.7. The van der Waals surface area contributed by atoms with E-state index in [-0.39, 0.29) is 5.91 Å². The van der Waals surface area contributed by atoms with Crippen molar-refractivity contribution in [1.29, 1.82) is 0 Å². The average molecular weight is 436 g/mol. The van der Waals surface area contributed by atoms with Crippen LogP contribution in [0.15, 0.2) is 59.6 Å². The van der Waals surface area contributed by atoms with Crippen LogP contribution in [0, 0.1) is 0 Å². The summed E-state index contributed by atoms with van der Waals surface area (Å²) in [4.78, 5) is 21.3. The van der Waals surface area contributed by atoms with E-state index in [4.69, 9.17) is 4.99 Å². The Bertz CT molecular complexity index is 875. The van der Waals surface area contributed by atoms with E-state index in [1.807, 2.05) is 18.2 Å². The molecule has 0 radical (unpaired) electrons. The fourth-order valence-corrected chi connectivity index (χ4v) is 4.12. The van der Waals surface area contributed by atoms with Crippen LogP contribution in [0.3, 0.4) is 0 Å². The maximum atomic E-state index is 12.2. The van der Waals surface area contributed by atoms with Crippen molar-refractivity contribution in [2.75, 3.05) is 46.8 Å². The Hall–Kier alpha value is -2.86. The molecule has 2 aromatic carbocycles. The number of guanidine groups is 1. The van der Waals surface area contributed by atoms with E-state index in [9.17, 15) is 4.79 Å². The molecule has 0 saturated carbocycles. The minimum Gasteiger partial charge on any atom is -0.357 e. The molecule has 0 aliphatic carbocycles. The number of nitrogens with zero attached hydrogens (tertiary/aromatic N) is 3. The van der Waals surface area contributed by atoms with Crippen molar-refractivity contribution in [1.82, 2.24) is 20.4 Å². The smallest absolute Gasteiger partial charge is 0.253 e. The summed E-state index contributed by atoms with van der Waals surface area (Å²) in [7, 11) is 3.56. The van der Waals surface area contributed by atoms with Gasteiger partial charge in [-0.3, -0.25) is 14.7 Å². The summed E-state index contributed by atoms with van der Waals surface area (Å²) in [6.45, 7) is 6.67. The molecule has 1 fully saturated rings. The van der Waals surface area contributed by atoms with Gasteiger partial charge in [-0.1, -0.05) is 42.5 Å². The van der Waals surface area contributed by atoms with Gasteiger partial charge >= 0.3 is 0 Å². The van der Waals surface area contributed by atoms with Crippen molar-refractivity contribution < 1.29 is 4.79 Å². The number of carbonyl (C=O) groups excluding carboxylic acids is 1. The van der Waals surface area contributed by atoms with Crippen LogP contribution in [0.5, 0.6) is 0 Å². The number of hydrogen-bond acceptors (Lipinski definition) is 3. The lowest BCUT2D eigenvalue weighted by molar-refractivity contribution is 0.0827. The predicted molar refractivity (Wildman–Crippen MR) is 132 cm³/mol. The minimum absolute atomic E-state index is 0.0311. The number of likely N-dealkylation sites (tertiary alicyclic amines) is 1. The van der Waals surface area contributed by atoms with Gasteiger partial charge in [0.1, 0.15) is 0 Å². The van der Waals surface area contributed by atoms with Crippen LogP contribution in [0.25, 0.3) is 0 Å². The van der Waals surface area contributed by atoms with Gasteiger partial charge in [-0.2, -0.15) is 0 Å². The molecule has 1 saturated heterocycles. The SMILES string of the molecule is CCNC(=NCC(c1ccccc1)N1CCCC1)NCCc1cccc(C(=O)N(C)C)c1. The molecule has 6 heteroatoms. The first kappa shape index (κ1) is 23.8. The largest absolute Gasteiger partial charge is 0.357 e. The van der Waals surface area contributed by atoms with Crippen molar-refractivity contribution in [3.63, 3.8) is 0 Å². The number of nitrogens with one attached hydrogen (secondary N) is 2. The molecule has 1 amide bonds. The van der Waals surface area contributed by atoms with Crippen LogP contribution in [0.2, 0.25) is 0 Å². The van der Waals surface area contributed by atoms with Crippen LogP contribution in [0.1, 0.15) is 47.3 Å². The van der Waals surface area contributed by atoms with Crippen molar-refractivity contribution in [3.8, 4) is 0 Å². The third-order valence-electron chi connectivity index (χ3n) is 5.82. The monoisotopic (exact) mass is 435 g/mol. The quantitative estimate of drug-likeness (QED) is 0.469. The second-order valence-corrected chi connectivity index (χ2v) is 8.47. The van der Waals surface area contributed by atoms with Gasteiger partial charge in [-0.15, -0.1) is 0 Å². The summed E-state index contributed by atoms with van der Waals surface area (Å²) < 4.78 is 0. The zero-order chi connectivity index (χ0) is 22.8. The van der Waals surface area contributed by atoms with Crippen molar-refractivity contribution in [2.45, 2.75) is 32.2 Å². The lowest BCUT2D eigenvalue weighted by Crippen LogP contribution is -2.39. The fourth-order valence-electron chi connectivity index (χ4n) is 4.12. The normalized spacial score (nSPS) is 15.4. The van der Waals surface area contributed by atoms with Gasteiger partial charge in [0.15, 0.2) is 5.96 Å². The Morgan fingerprint density at radius 1 is 1.06 bits per heavy atom. The van der Waals surface area contributed by atoms with E-state index in [1.165, 1.54) is 18.4 Å². The van der Waals surface area contributed by atoms with Gasteiger partial charge in [-0.05, 0) is 62.5 Å². The Kier molecular flexibility index (Phi) is 9.11. The second kappa shape index (κ2) is 12.2. The molecule has 1 aliphatic heterocycles. The number of hydrogen-bond donors (Lipinski definition) is 2. The van der Waals surface area contributed by atoms with Gasteiger partial charge < -0.3 is 15.5 Å². The molecule has 0 spiro atoms. The molecule has 1 heterocycles. The Labute approximate surface area is 192 Å². The van der Waals surface area contributed by atoms with Gasteiger partial charge in [0.25, 0.3) is 5.91 Å².